The molecule has 1 saturated heterocycles. The standard InChI is InChI=1S/C30H43F2N5O5/c1-27(2,3)41-25(39)35-23(19-9-11-30(31,32)12-10-19)21-17-36-22(34-21)14-18(16-33-36)13-20-15-29(7,8)37(24(20)38)26(40)42-28(4,5)6/h14,16-17,19-20,23H,9-13,15H2,1-8H3,(H,35,39)/t20?,23-/m0/s1. The second-order valence-electron chi connectivity index (χ2n) is 14.2. The first-order chi connectivity index (χ1) is 19.2. The van der Waals surface area contributed by atoms with Crippen LogP contribution in [0.25, 0.3) is 5.65 Å². The number of imide groups is 1. The molecule has 1 aliphatic heterocycles. The van der Waals surface area contributed by atoms with Gasteiger partial charge in [-0.25, -0.2) is 32.8 Å². The molecule has 1 aliphatic carbocycles. The van der Waals surface area contributed by atoms with Crippen molar-refractivity contribution in [2.24, 2.45) is 11.8 Å². The summed E-state index contributed by atoms with van der Waals surface area (Å²) in [6.07, 6.45) is 2.78. The van der Waals surface area contributed by atoms with Crippen LogP contribution in [0.1, 0.15) is 105 Å². The number of carbonyl (C=O) groups is 3. The Hall–Kier alpha value is -3.31. The van der Waals surface area contributed by atoms with Gasteiger partial charge < -0.3 is 14.8 Å². The van der Waals surface area contributed by atoms with E-state index in [1.807, 2.05) is 19.9 Å². The average Bonchev–Trinajstić information content (AvgIpc) is 3.32. The largest absolute Gasteiger partial charge is 0.444 e. The number of ether oxygens (including phenoxy) is 2. The van der Waals surface area contributed by atoms with E-state index in [1.165, 1.54) is 4.90 Å². The SMILES string of the molecule is CC(C)(C)OC(=O)N[C@H](c1cn2ncc(CC3CC(C)(C)N(C(=O)OC(C)(C)C)C3=O)cc2n1)C1CCC(F)(F)CC1. The van der Waals surface area contributed by atoms with Gasteiger partial charge in [0.2, 0.25) is 11.8 Å². The predicted octanol–water partition coefficient (Wildman–Crippen LogP) is 6.23. The Kier molecular flexibility index (Phi) is 8.34. The number of carbonyl (C=O) groups excluding carboxylic acids is 3. The molecule has 0 aromatic carbocycles. The van der Waals surface area contributed by atoms with E-state index in [9.17, 15) is 23.2 Å². The van der Waals surface area contributed by atoms with Crippen molar-refractivity contribution in [3.05, 3.63) is 29.7 Å². The van der Waals surface area contributed by atoms with Crippen molar-refractivity contribution in [3.8, 4) is 0 Å². The van der Waals surface area contributed by atoms with Crippen LogP contribution in [0.3, 0.4) is 0 Å². The number of imidazole rings is 1. The Bertz CT molecular complexity index is 1330. The van der Waals surface area contributed by atoms with Gasteiger partial charge in [-0.2, -0.15) is 5.10 Å². The first kappa shape index (κ1) is 31.6. The van der Waals surface area contributed by atoms with E-state index in [2.05, 4.69) is 10.4 Å². The molecular formula is C30H43F2N5O5. The Morgan fingerprint density at radius 1 is 1.10 bits per heavy atom. The number of fused-ring (bicyclic) bond motifs is 1. The van der Waals surface area contributed by atoms with Gasteiger partial charge >= 0.3 is 12.2 Å². The molecule has 10 nitrogen and oxygen atoms in total. The number of likely N-dealkylation sites (tertiary alicyclic amines) is 1. The summed E-state index contributed by atoms with van der Waals surface area (Å²) < 4.78 is 40.4. The number of alkyl carbamates (subject to hydrolysis) is 1. The van der Waals surface area contributed by atoms with Crippen LogP contribution in [-0.2, 0) is 20.7 Å². The lowest BCUT2D eigenvalue weighted by molar-refractivity contribution is -0.132. The molecule has 2 aromatic rings. The van der Waals surface area contributed by atoms with E-state index >= 15 is 0 Å². The van der Waals surface area contributed by atoms with Crippen molar-refractivity contribution in [1.82, 2.24) is 24.8 Å². The summed E-state index contributed by atoms with van der Waals surface area (Å²) in [4.78, 5) is 44.8. The molecule has 1 unspecified atom stereocenters. The second kappa shape index (κ2) is 11.1. The van der Waals surface area contributed by atoms with E-state index in [4.69, 9.17) is 14.5 Å². The normalized spacial score (nSPS) is 21.8. The molecule has 2 fully saturated rings. The summed E-state index contributed by atoms with van der Waals surface area (Å²) in [6.45, 7) is 14.2. The molecule has 3 heterocycles. The molecular weight excluding hydrogens is 548 g/mol. The van der Waals surface area contributed by atoms with Crippen LogP contribution >= 0.6 is 0 Å². The molecule has 4 rings (SSSR count). The fourth-order valence-corrected chi connectivity index (χ4v) is 5.81. The Morgan fingerprint density at radius 3 is 2.31 bits per heavy atom. The monoisotopic (exact) mass is 591 g/mol. The van der Waals surface area contributed by atoms with Crippen LogP contribution in [0, 0.1) is 11.8 Å². The fraction of sp³-hybridized carbons (Fsp3) is 0.700. The number of hydrogen-bond acceptors (Lipinski definition) is 7. The van der Waals surface area contributed by atoms with Gasteiger partial charge in [0, 0.05) is 24.3 Å². The molecule has 1 saturated carbocycles. The van der Waals surface area contributed by atoms with Gasteiger partial charge in [0.05, 0.1) is 24.1 Å². The van der Waals surface area contributed by atoms with Gasteiger partial charge in [0.25, 0.3) is 0 Å². The number of rotatable bonds is 5. The van der Waals surface area contributed by atoms with Crippen molar-refractivity contribution in [2.45, 2.75) is 123 Å². The summed E-state index contributed by atoms with van der Waals surface area (Å²) in [5.41, 5.74) is -0.418. The zero-order chi connectivity index (χ0) is 31.3. The van der Waals surface area contributed by atoms with Crippen molar-refractivity contribution in [1.29, 1.82) is 0 Å². The molecule has 1 N–H and O–H groups in total. The molecule has 0 radical (unpaired) electrons. The average molecular weight is 592 g/mol. The molecule has 2 aromatic heterocycles. The molecule has 12 heteroatoms. The number of nitrogens with zero attached hydrogens (tertiary/aromatic N) is 4. The molecule has 2 atom stereocenters. The molecule has 232 valence electrons. The fourth-order valence-electron chi connectivity index (χ4n) is 5.81. The van der Waals surface area contributed by atoms with E-state index in [0.29, 0.717) is 24.2 Å². The van der Waals surface area contributed by atoms with Crippen molar-refractivity contribution in [3.63, 3.8) is 0 Å². The molecule has 42 heavy (non-hydrogen) atoms. The van der Waals surface area contributed by atoms with Crippen LogP contribution in [0.4, 0.5) is 18.4 Å². The number of aromatic nitrogens is 3. The minimum Gasteiger partial charge on any atom is -0.444 e. The highest BCUT2D eigenvalue weighted by Gasteiger charge is 2.49. The minimum atomic E-state index is -2.71. The highest BCUT2D eigenvalue weighted by Crippen LogP contribution is 2.41. The first-order valence-electron chi connectivity index (χ1n) is 14.5. The van der Waals surface area contributed by atoms with Crippen LogP contribution in [0.15, 0.2) is 18.5 Å². The van der Waals surface area contributed by atoms with Crippen molar-refractivity contribution >= 4 is 23.7 Å². The minimum absolute atomic E-state index is 0.230. The third-order valence-electron chi connectivity index (χ3n) is 7.60. The highest BCUT2D eigenvalue weighted by molar-refractivity contribution is 5.96. The Balaban J connectivity index is 1.55. The van der Waals surface area contributed by atoms with Crippen LogP contribution in [-0.4, -0.2) is 60.3 Å². The Morgan fingerprint density at radius 2 is 1.71 bits per heavy atom. The van der Waals surface area contributed by atoms with E-state index in [1.54, 1.807) is 58.5 Å². The maximum Gasteiger partial charge on any atom is 0.417 e. The Labute approximate surface area is 245 Å². The van der Waals surface area contributed by atoms with Crippen molar-refractivity contribution < 1.29 is 32.6 Å². The van der Waals surface area contributed by atoms with Crippen LogP contribution in [0.2, 0.25) is 0 Å². The summed E-state index contributed by atoms with van der Waals surface area (Å²) in [7, 11) is 0. The number of nitrogens with one attached hydrogen (secondary N) is 1. The van der Waals surface area contributed by atoms with Gasteiger partial charge in [-0.3, -0.25) is 4.79 Å². The third kappa shape index (κ3) is 7.55. The topological polar surface area (TPSA) is 115 Å². The van der Waals surface area contributed by atoms with E-state index in [0.717, 1.165) is 5.56 Å². The van der Waals surface area contributed by atoms with E-state index in [-0.39, 0.29) is 37.5 Å². The highest BCUT2D eigenvalue weighted by atomic mass is 19.3. The molecule has 2 aliphatic rings. The maximum atomic E-state index is 13.9. The maximum absolute atomic E-state index is 13.9. The van der Waals surface area contributed by atoms with Crippen LogP contribution in [0.5, 0.6) is 0 Å². The summed E-state index contributed by atoms with van der Waals surface area (Å²) in [5, 5.41) is 7.33. The molecule has 0 spiro atoms. The lowest BCUT2D eigenvalue weighted by Crippen LogP contribution is -2.47. The molecule has 3 amide bonds. The quantitative estimate of drug-likeness (QED) is 0.439. The van der Waals surface area contributed by atoms with E-state index < -0.39 is 46.8 Å². The lowest BCUT2D eigenvalue weighted by atomic mass is 9.81. The van der Waals surface area contributed by atoms with Crippen molar-refractivity contribution in [2.75, 3.05) is 0 Å². The number of alkyl halides is 2. The summed E-state index contributed by atoms with van der Waals surface area (Å²) >= 11 is 0. The van der Waals surface area contributed by atoms with Gasteiger partial charge in [-0.15, -0.1) is 0 Å². The zero-order valence-corrected chi connectivity index (χ0v) is 25.8. The van der Waals surface area contributed by atoms with Gasteiger partial charge in [0.1, 0.15) is 11.2 Å². The first-order valence-corrected chi connectivity index (χ1v) is 14.5. The van der Waals surface area contributed by atoms with Gasteiger partial charge in [-0.1, -0.05) is 0 Å². The lowest BCUT2D eigenvalue weighted by Gasteiger charge is -2.33. The number of hydrogen-bond donors (Lipinski definition) is 1. The number of halogens is 2. The second-order valence-corrected chi connectivity index (χ2v) is 14.2. The summed E-state index contributed by atoms with van der Waals surface area (Å²) in [6, 6.07) is 1.17. The van der Waals surface area contributed by atoms with Gasteiger partial charge in [0.15, 0.2) is 5.65 Å². The smallest absolute Gasteiger partial charge is 0.417 e. The third-order valence-corrected chi connectivity index (χ3v) is 7.60. The zero-order valence-electron chi connectivity index (χ0n) is 25.8. The molecule has 0 bridgehead atoms. The van der Waals surface area contributed by atoms with Gasteiger partial charge in [-0.05, 0) is 98.6 Å². The van der Waals surface area contributed by atoms with Crippen LogP contribution < -0.4 is 5.32 Å². The number of amides is 3. The predicted molar refractivity (Wildman–Crippen MR) is 151 cm³/mol. The summed E-state index contributed by atoms with van der Waals surface area (Å²) in [5.74, 6) is -3.71.